The number of amides is 1. The van der Waals surface area contributed by atoms with Gasteiger partial charge in [0.15, 0.2) is 5.72 Å². The summed E-state index contributed by atoms with van der Waals surface area (Å²) in [4.78, 5) is 14.2. The second-order valence-electron chi connectivity index (χ2n) is 6.56. The van der Waals surface area contributed by atoms with E-state index in [1.54, 1.807) is 4.90 Å². The third-order valence-corrected chi connectivity index (χ3v) is 5.46. The van der Waals surface area contributed by atoms with Crippen LogP contribution in [0, 0.1) is 0 Å². The van der Waals surface area contributed by atoms with E-state index in [1.165, 1.54) is 0 Å². The summed E-state index contributed by atoms with van der Waals surface area (Å²) in [6.07, 6.45) is 7.33. The zero-order valence-corrected chi connectivity index (χ0v) is 11.7. The van der Waals surface area contributed by atoms with Gasteiger partial charge in [-0.25, -0.2) is 0 Å². The number of aliphatic hydroxyl groups is 1. The Morgan fingerprint density at radius 1 is 1.29 bits per heavy atom. The predicted molar refractivity (Wildman–Crippen MR) is 76.7 cm³/mol. The largest absolute Gasteiger partial charge is 0.382 e. The number of anilines is 1. The van der Waals surface area contributed by atoms with E-state index >= 15 is 0 Å². The Hall–Kier alpha value is -1.65. The third kappa shape index (κ3) is 1.26. The summed E-state index contributed by atoms with van der Waals surface area (Å²) in [6, 6.07) is 6.01. The lowest BCUT2D eigenvalue weighted by Crippen LogP contribution is -2.45. The molecule has 0 unspecified atom stereocenters. The SMILES string of the molecule is O=C1CC[C@]23C=C[C@H](O2)[C@@]2(O)CCCc4cccc(c42)N13. The highest BCUT2D eigenvalue weighted by atomic mass is 16.5. The van der Waals surface area contributed by atoms with Gasteiger partial charge in [-0.05, 0) is 37.0 Å². The average molecular weight is 283 g/mol. The van der Waals surface area contributed by atoms with Gasteiger partial charge in [-0.2, -0.15) is 0 Å². The monoisotopic (exact) mass is 283 g/mol. The molecule has 0 aromatic heterocycles. The molecular weight excluding hydrogens is 266 g/mol. The van der Waals surface area contributed by atoms with E-state index in [2.05, 4.69) is 6.07 Å². The molecule has 3 atom stereocenters. The van der Waals surface area contributed by atoms with Gasteiger partial charge in [0.2, 0.25) is 5.91 Å². The van der Waals surface area contributed by atoms with Gasteiger partial charge in [-0.3, -0.25) is 9.69 Å². The van der Waals surface area contributed by atoms with Crippen LogP contribution in [-0.2, 0) is 21.6 Å². The first kappa shape index (κ1) is 12.0. The summed E-state index contributed by atoms with van der Waals surface area (Å²) in [6.45, 7) is 0. The Balaban J connectivity index is 1.87. The van der Waals surface area contributed by atoms with Crippen LogP contribution in [0.25, 0.3) is 0 Å². The molecule has 108 valence electrons. The topological polar surface area (TPSA) is 49.8 Å². The summed E-state index contributed by atoms with van der Waals surface area (Å²) < 4.78 is 6.23. The molecule has 1 aliphatic carbocycles. The van der Waals surface area contributed by atoms with E-state index in [9.17, 15) is 9.90 Å². The highest BCUT2D eigenvalue weighted by Gasteiger charge is 2.58. The van der Waals surface area contributed by atoms with Gasteiger partial charge in [0, 0.05) is 18.4 Å². The summed E-state index contributed by atoms with van der Waals surface area (Å²) in [7, 11) is 0. The van der Waals surface area contributed by atoms with Crippen LogP contribution < -0.4 is 4.90 Å². The summed E-state index contributed by atoms with van der Waals surface area (Å²) >= 11 is 0. The molecule has 4 nitrogen and oxygen atoms in total. The van der Waals surface area contributed by atoms with E-state index in [1.807, 2.05) is 24.3 Å². The molecule has 1 saturated heterocycles. The minimum atomic E-state index is -1.01. The second kappa shape index (κ2) is 3.57. The van der Waals surface area contributed by atoms with Crippen LogP contribution >= 0.6 is 0 Å². The van der Waals surface area contributed by atoms with Crippen molar-refractivity contribution in [2.24, 2.45) is 0 Å². The molecule has 4 heteroatoms. The molecule has 5 rings (SSSR count). The van der Waals surface area contributed by atoms with Crippen LogP contribution in [0.2, 0.25) is 0 Å². The maximum Gasteiger partial charge on any atom is 0.229 e. The fourth-order valence-corrected chi connectivity index (χ4v) is 4.56. The van der Waals surface area contributed by atoms with Gasteiger partial charge < -0.3 is 9.84 Å². The van der Waals surface area contributed by atoms with Crippen LogP contribution in [0.5, 0.6) is 0 Å². The molecule has 21 heavy (non-hydrogen) atoms. The van der Waals surface area contributed by atoms with Crippen LogP contribution in [-0.4, -0.2) is 22.8 Å². The number of benzene rings is 1. The first-order valence-corrected chi connectivity index (χ1v) is 7.69. The molecule has 1 spiro atoms. The molecule has 1 amide bonds. The van der Waals surface area contributed by atoms with E-state index in [4.69, 9.17) is 4.74 Å². The van der Waals surface area contributed by atoms with Crippen molar-refractivity contribution in [2.75, 3.05) is 4.90 Å². The standard InChI is InChI=1S/C17H17NO3/c19-14-7-10-16-9-6-13(21-16)17(20)8-2-4-11-3-1-5-12(15(11)17)18(14)16/h1,3,5-6,9,13,20H,2,4,7-8,10H2/t13-,16-,17-/m0/s1. The molecule has 2 bridgehead atoms. The van der Waals surface area contributed by atoms with E-state index in [0.29, 0.717) is 19.3 Å². The fraction of sp³-hybridized carbons (Fsp3) is 0.471. The quantitative estimate of drug-likeness (QED) is 0.741. The molecule has 3 aliphatic heterocycles. The van der Waals surface area contributed by atoms with Crippen LogP contribution in [0.3, 0.4) is 0 Å². The Morgan fingerprint density at radius 3 is 3.10 bits per heavy atom. The lowest BCUT2D eigenvalue weighted by atomic mass is 9.74. The minimum absolute atomic E-state index is 0.0866. The molecular formula is C17H17NO3. The van der Waals surface area contributed by atoms with E-state index in [-0.39, 0.29) is 12.0 Å². The van der Waals surface area contributed by atoms with Gasteiger partial charge in [0.05, 0.1) is 5.69 Å². The van der Waals surface area contributed by atoms with Crippen molar-refractivity contribution in [3.63, 3.8) is 0 Å². The lowest BCUT2D eigenvalue weighted by molar-refractivity contribution is -0.131. The van der Waals surface area contributed by atoms with Crippen molar-refractivity contribution in [1.82, 2.24) is 0 Å². The molecule has 0 radical (unpaired) electrons. The number of hydrogen-bond acceptors (Lipinski definition) is 3. The molecule has 1 N–H and O–H groups in total. The molecule has 1 aromatic rings. The number of ether oxygens (including phenoxy) is 1. The first-order chi connectivity index (χ1) is 10.1. The third-order valence-electron chi connectivity index (χ3n) is 5.46. The molecule has 1 aromatic carbocycles. The number of carbonyl (C=O) groups excluding carboxylic acids is 1. The van der Waals surface area contributed by atoms with Gasteiger partial charge in [-0.1, -0.05) is 18.2 Å². The lowest BCUT2D eigenvalue weighted by Gasteiger charge is -2.38. The normalized spacial score (nSPS) is 39.2. The maximum atomic E-state index is 12.5. The number of aryl methyl sites for hydroxylation is 1. The van der Waals surface area contributed by atoms with Crippen LogP contribution in [0.4, 0.5) is 5.69 Å². The summed E-state index contributed by atoms with van der Waals surface area (Å²) in [5.41, 5.74) is 1.24. The zero-order chi connectivity index (χ0) is 14.2. The summed E-state index contributed by atoms with van der Waals surface area (Å²) in [5.74, 6) is 0.0866. The smallest absolute Gasteiger partial charge is 0.229 e. The number of hydrogen-bond donors (Lipinski definition) is 1. The summed E-state index contributed by atoms with van der Waals surface area (Å²) in [5, 5.41) is 11.4. The van der Waals surface area contributed by atoms with Gasteiger partial charge in [0.25, 0.3) is 0 Å². The Bertz CT molecular complexity index is 697. The van der Waals surface area contributed by atoms with E-state index < -0.39 is 11.3 Å². The van der Waals surface area contributed by atoms with Crippen molar-refractivity contribution in [1.29, 1.82) is 0 Å². The minimum Gasteiger partial charge on any atom is -0.382 e. The van der Waals surface area contributed by atoms with Crippen LogP contribution in [0.15, 0.2) is 30.4 Å². The molecule has 4 aliphatic rings. The van der Waals surface area contributed by atoms with Gasteiger partial charge in [-0.15, -0.1) is 0 Å². The fourth-order valence-electron chi connectivity index (χ4n) is 4.56. The van der Waals surface area contributed by atoms with Crippen molar-refractivity contribution < 1.29 is 14.6 Å². The Morgan fingerprint density at radius 2 is 2.19 bits per heavy atom. The predicted octanol–water partition coefficient (Wildman–Crippen LogP) is 2.00. The van der Waals surface area contributed by atoms with Crippen molar-refractivity contribution in [2.45, 2.75) is 49.5 Å². The Kier molecular flexibility index (Phi) is 2.03. The van der Waals surface area contributed by atoms with Crippen molar-refractivity contribution in [3.05, 3.63) is 41.5 Å². The number of carbonyl (C=O) groups is 1. The number of fused-ring (bicyclic) bond motifs is 3. The maximum absolute atomic E-state index is 12.5. The average Bonchev–Trinajstić information content (AvgIpc) is 3.02. The number of nitrogens with zero attached hydrogens (tertiary/aromatic N) is 1. The number of rotatable bonds is 0. The van der Waals surface area contributed by atoms with Crippen molar-refractivity contribution in [3.8, 4) is 0 Å². The zero-order valence-electron chi connectivity index (χ0n) is 11.7. The molecule has 3 heterocycles. The van der Waals surface area contributed by atoms with Crippen molar-refractivity contribution >= 4 is 11.6 Å². The first-order valence-electron chi connectivity index (χ1n) is 7.69. The highest BCUT2D eigenvalue weighted by molar-refractivity contribution is 5.99. The van der Waals surface area contributed by atoms with E-state index in [0.717, 1.165) is 29.7 Å². The second-order valence-corrected chi connectivity index (χ2v) is 6.56. The Labute approximate surface area is 123 Å². The molecule has 0 saturated carbocycles. The molecule has 1 fully saturated rings. The highest BCUT2D eigenvalue weighted by Crippen LogP contribution is 2.54. The van der Waals surface area contributed by atoms with Gasteiger partial charge >= 0.3 is 0 Å². The van der Waals surface area contributed by atoms with Crippen LogP contribution in [0.1, 0.15) is 36.8 Å². The van der Waals surface area contributed by atoms with Gasteiger partial charge in [0.1, 0.15) is 11.7 Å².